The highest BCUT2D eigenvalue weighted by molar-refractivity contribution is 7.80. The molecular formula is C10H17N3S. The molecule has 1 aromatic heterocycles. The van der Waals surface area contributed by atoms with Crippen molar-refractivity contribution < 1.29 is 0 Å². The van der Waals surface area contributed by atoms with Crippen molar-refractivity contribution in [2.45, 2.75) is 33.2 Å². The summed E-state index contributed by atoms with van der Waals surface area (Å²) >= 11 is 4.92. The van der Waals surface area contributed by atoms with Crippen LogP contribution in [0.3, 0.4) is 0 Å². The number of nitrogens with zero attached hydrogens (tertiary/aromatic N) is 2. The minimum absolute atomic E-state index is 0.374. The standard InChI is InChI=1S/C10H17N3S/c1-3-4-8(2)7-13-6-5-12-10(13)9(11)14/h5-6,8H,3-4,7H2,1-2H3,(H2,11,14). The third-order valence-electron chi connectivity index (χ3n) is 2.23. The van der Waals surface area contributed by atoms with Crippen LogP contribution in [0.1, 0.15) is 32.5 Å². The first-order valence-electron chi connectivity index (χ1n) is 4.96. The maximum absolute atomic E-state index is 5.56. The number of hydrogen-bond donors (Lipinski definition) is 1. The summed E-state index contributed by atoms with van der Waals surface area (Å²) in [5.41, 5.74) is 5.56. The van der Waals surface area contributed by atoms with Gasteiger partial charge in [0.1, 0.15) is 4.99 Å². The van der Waals surface area contributed by atoms with E-state index in [1.165, 1.54) is 12.8 Å². The third-order valence-corrected chi connectivity index (χ3v) is 2.41. The van der Waals surface area contributed by atoms with Gasteiger partial charge in [0.15, 0.2) is 5.82 Å². The molecule has 4 heteroatoms. The molecule has 0 saturated carbocycles. The van der Waals surface area contributed by atoms with Crippen molar-refractivity contribution in [3.63, 3.8) is 0 Å². The normalized spacial score (nSPS) is 12.7. The van der Waals surface area contributed by atoms with Crippen molar-refractivity contribution in [1.29, 1.82) is 0 Å². The molecule has 2 N–H and O–H groups in total. The van der Waals surface area contributed by atoms with Crippen LogP contribution >= 0.6 is 12.2 Å². The summed E-state index contributed by atoms with van der Waals surface area (Å²) in [6.07, 6.45) is 6.10. The first kappa shape index (κ1) is 11.2. The Kier molecular flexibility index (Phi) is 4.07. The van der Waals surface area contributed by atoms with Crippen LogP contribution in [0.25, 0.3) is 0 Å². The molecule has 0 aromatic carbocycles. The molecule has 0 aliphatic carbocycles. The number of hydrogen-bond acceptors (Lipinski definition) is 2. The fraction of sp³-hybridized carbons (Fsp3) is 0.600. The van der Waals surface area contributed by atoms with E-state index in [1.54, 1.807) is 6.20 Å². The second-order valence-electron chi connectivity index (χ2n) is 3.66. The molecule has 0 aliphatic rings. The van der Waals surface area contributed by atoms with Crippen LogP contribution in [-0.2, 0) is 6.54 Å². The molecular weight excluding hydrogens is 194 g/mol. The quantitative estimate of drug-likeness (QED) is 0.757. The molecule has 1 heterocycles. The highest BCUT2D eigenvalue weighted by Gasteiger charge is 2.08. The van der Waals surface area contributed by atoms with E-state index in [1.807, 2.05) is 10.8 Å². The van der Waals surface area contributed by atoms with Crippen LogP contribution in [0.15, 0.2) is 12.4 Å². The Hall–Kier alpha value is -0.900. The molecule has 0 saturated heterocycles. The first-order chi connectivity index (χ1) is 6.65. The molecule has 1 atom stereocenters. The minimum Gasteiger partial charge on any atom is -0.387 e. The van der Waals surface area contributed by atoms with Gasteiger partial charge in [-0.05, 0) is 12.3 Å². The molecule has 0 fully saturated rings. The molecule has 78 valence electrons. The van der Waals surface area contributed by atoms with Gasteiger partial charge < -0.3 is 10.3 Å². The number of nitrogens with two attached hydrogens (primary N) is 1. The molecule has 3 nitrogen and oxygen atoms in total. The lowest BCUT2D eigenvalue weighted by molar-refractivity contribution is 0.444. The van der Waals surface area contributed by atoms with Gasteiger partial charge in [-0.2, -0.15) is 0 Å². The van der Waals surface area contributed by atoms with E-state index in [-0.39, 0.29) is 0 Å². The summed E-state index contributed by atoms with van der Waals surface area (Å²) in [5, 5.41) is 0. The second-order valence-corrected chi connectivity index (χ2v) is 4.10. The van der Waals surface area contributed by atoms with Crippen molar-refractivity contribution in [3.05, 3.63) is 18.2 Å². The Morgan fingerprint density at radius 3 is 3.00 bits per heavy atom. The van der Waals surface area contributed by atoms with Gasteiger partial charge in [-0.15, -0.1) is 0 Å². The zero-order valence-electron chi connectivity index (χ0n) is 8.73. The van der Waals surface area contributed by atoms with Crippen LogP contribution in [0, 0.1) is 5.92 Å². The Morgan fingerprint density at radius 2 is 2.43 bits per heavy atom. The maximum atomic E-state index is 5.56. The lowest BCUT2D eigenvalue weighted by Crippen LogP contribution is -2.19. The predicted molar refractivity (Wildman–Crippen MR) is 62.2 cm³/mol. The van der Waals surface area contributed by atoms with Gasteiger partial charge >= 0.3 is 0 Å². The average Bonchev–Trinajstić information content (AvgIpc) is 2.52. The van der Waals surface area contributed by atoms with Crippen molar-refractivity contribution in [3.8, 4) is 0 Å². The monoisotopic (exact) mass is 211 g/mol. The van der Waals surface area contributed by atoms with E-state index < -0.39 is 0 Å². The molecule has 0 amide bonds. The third kappa shape index (κ3) is 2.80. The molecule has 14 heavy (non-hydrogen) atoms. The predicted octanol–water partition coefficient (Wildman–Crippen LogP) is 1.95. The maximum Gasteiger partial charge on any atom is 0.167 e. The number of imidazole rings is 1. The molecule has 1 unspecified atom stereocenters. The van der Waals surface area contributed by atoms with Crippen molar-refractivity contribution in [2.75, 3.05) is 0 Å². The Bertz CT molecular complexity index is 306. The lowest BCUT2D eigenvalue weighted by atomic mass is 10.1. The number of thiocarbonyl (C=S) groups is 1. The van der Waals surface area contributed by atoms with E-state index in [0.29, 0.717) is 10.9 Å². The van der Waals surface area contributed by atoms with Gasteiger partial charge in [-0.25, -0.2) is 4.98 Å². The van der Waals surface area contributed by atoms with Gasteiger partial charge in [0, 0.05) is 18.9 Å². The lowest BCUT2D eigenvalue weighted by Gasteiger charge is -2.12. The molecule has 0 aliphatic heterocycles. The largest absolute Gasteiger partial charge is 0.387 e. The molecule has 1 rings (SSSR count). The van der Waals surface area contributed by atoms with Crippen LogP contribution in [0.4, 0.5) is 0 Å². The second kappa shape index (κ2) is 5.10. The van der Waals surface area contributed by atoms with Crippen LogP contribution in [0.2, 0.25) is 0 Å². The van der Waals surface area contributed by atoms with E-state index in [2.05, 4.69) is 18.8 Å². The van der Waals surface area contributed by atoms with Gasteiger partial charge in [0.2, 0.25) is 0 Å². The van der Waals surface area contributed by atoms with E-state index in [4.69, 9.17) is 18.0 Å². The molecule has 0 spiro atoms. The van der Waals surface area contributed by atoms with Crippen LogP contribution in [-0.4, -0.2) is 14.5 Å². The van der Waals surface area contributed by atoms with E-state index in [0.717, 1.165) is 12.4 Å². The summed E-state index contributed by atoms with van der Waals surface area (Å²) in [4.78, 5) is 4.50. The zero-order valence-corrected chi connectivity index (χ0v) is 9.55. The van der Waals surface area contributed by atoms with E-state index in [9.17, 15) is 0 Å². The summed E-state index contributed by atoms with van der Waals surface area (Å²) in [6, 6.07) is 0. The highest BCUT2D eigenvalue weighted by Crippen LogP contribution is 2.09. The average molecular weight is 211 g/mol. The fourth-order valence-electron chi connectivity index (χ4n) is 1.60. The van der Waals surface area contributed by atoms with Gasteiger partial charge in [0.25, 0.3) is 0 Å². The Labute approximate surface area is 90.3 Å². The Morgan fingerprint density at radius 1 is 1.71 bits per heavy atom. The summed E-state index contributed by atoms with van der Waals surface area (Å²) in [7, 11) is 0. The van der Waals surface area contributed by atoms with Crippen LogP contribution < -0.4 is 5.73 Å². The zero-order chi connectivity index (χ0) is 10.6. The first-order valence-corrected chi connectivity index (χ1v) is 5.37. The topological polar surface area (TPSA) is 43.8 Å². The molecule has 0 radical (unpaired) electrons. The summed E-state index contributed by atoms with van der Waals surface area (Å²) < 4.78 is 2.03. The van der Waals surface area contributed by atoms with Crippen molar-refractivity contribution in [1.82, 2.24) is 9.55 Å². The summed E-state index contributed by atoms with van der Waals surface area (Å²) in [5.74, 6) is 1.37. The molecule has 0 bridgehead atoms. The van der Waals surface area contributed by atoms with Crippen LogP contribution in [0.5, 0.6) is 0 Å². The summed E-state index contributed by atoms with van der Waals surface area (Å²) in [6.45, 7) is 5.37. The molecule has 1 aromatic rings. The van der Waals surface area contributed by atoms with E-state index >= 15 is 0 Å². The smallest absolute Gasteiger partial charge is 0.167 e. The fourth-order valence-corrected chi connectivity index (χ4v) is 1.77. The number of rotatable bonds is 5. The SMILES string of the molecule is CCCC(C)Cn1ccnc1C(N)=S. The Balaban J connectivity index is 2.66. The number of aromatic nitrogens is 2. The minimum atomic E-state index is 0.374. The highest BCUT2D eigenvalue weighted by atomic mass is 32.1. The van der Waals surface area contributed by atoms with Gasteiger partial charge in [-0.3, -0.25) is 0 Å². The van der Waals surface area contributed by atoms with Crippen molar-refractivity contribution in [2.24, 2.45) is 11.7 Å². The van der Waals surface area contributed by atoms with Gasteiger partial charge in [-0.1, -0.05) is 32.5 Å². The van der Waals surface area contributed by atoms with Crippen molar-refractivity contribution >= 4 is 17.2 Å². The van der Waals surface area contributed by atoms with Gasteiger partial charge in [0.05, 0.1) is 0 Å².